The lowest BCUT2D eigenvalue weighted by atomic mass is 10.3. The monoisotopic (exact) mass is 230 g/mol. The van der Waals surface area contributed by atoms with Crippen molar-refractivity contribution >= 4 is 0 Å². The molecular formula is C14H14O3. The van der Waals surface area contributed by atoms with Crippen molar-refractivity contribution in [2.24, 2.45) is 0 Å². The summed E-state index contributed by atoms with van der Waals surface area (Å²) >= 11 is 0. The summed E-state index contributed by atoms with van der Waals surface area (Å²) in [5.41, 5.74) is 0. The van der Waals surface area contributed by atoms with Crippen molar-refractivity contribution in [1.29, 1.82) is 0 Å². The molecule has 3 heteroatoms. The van der Waals surface area contributed by atoms with Crippen LogP contribution in [0, 0.1) is 0 Å². The zero-order chi connectivity index (χ0) is 12.1. The number of rotatable bonds is 4. The summed E-state index contributed by atoms with van der Waals surface area (Å²) in [6.07, 6.45) is -0.865. The minimum atomic E-state index is -0.865. The van der Waals surface area contributed by atoms with E-state index in [9.17, 15) is 5.11 Å². The second-order valence-electron chi connectivity index (χ2n) is 3.58. The largest absolute Gasteiger partial charge is 0.462 e. The fourth-order valence-electron chi connectivity index (χ4n) is 1.43. The minimum Gasteiger partial charge on any atom is -0.462 e. The van der Waals surface area contributed by atoms with Gasteiger partial charge in [-0.15, -0.1) is 0 Å². The van der Waals surface area contributed by atoms with Crippen LogP contribution in [0.15, 0.2) is 54.6 Å². The standard InChI is InChI=1S/C14H14O3/c1-11(15)16-13-9-5-6-10-14(13)17-12-7-3-2-4-8-12/h2-11,15H,1H3. The Morgan fingerprint density at radius 3 is 2.12 bits per heavy atom. The second kappa shape index (κ2) is 5.37. The number of ether oxygens (including phenoxy) is 2. The van der Waals surface area contributed by atoms with E-state index >= 15 is 0 Å². The third-order valence-corrected chi connectivity index (χ3v) is 2.12. The van der Waals surface area contributed by atoms with E-state index in [4.69, 9.17) is 9.47 Å². The van der Waals surface area contributed by atoms with Crippen LogP contribution in [0.5, 0.6) is 17.2 Å². The van der Waals surface area contributed by atoms with E-state index in [1.54, 1.807) is 19.1 Å². The maximum absolute atomic E-state index is 9.22. The molecule has 2 aromatic carbocycles. The van der Waals surface area contributed by atoms with Gasteiger partial charge >= 0.3 is 0 Å². The molecule has 1 unspecified atom stereocenters. The molecule has 0 saturated heterocycles. The van der Waals surface area contributed by atoms with Crippen LogP contribution in [0.4, 0.5) is 0 Å². The molecule has 0 aromatic heterocycles. The zero-order valence-electron chi connectivity index (χ0n) is 9.54. The Balaban J connectivity index is 2.20. The summed E-state index contributed by atoms with van der Waals surface area (Å²) in [4.78, 5) is 0. The average molecular weight is 230 g/mol. The Labute approximate surface area is 100 Å². The maximum Gasteiger partial charge on any atom is 0.194 e. The average Bonchev–Trinajstić information content (AvgIpc) is 2.32. The molecule has 0 aliphatic carbocycles. The fraction of sp³-hybridized carbons (Fsp3) is 0.143. The van der Waals surface area contributed by atoms with Crippen molar-refractivity contribution in [3.05, 3.63) is 54.6 Å². The summed E-state index contributed by atoms with van der Waals surface area (Å²) in [6, 6.07) is 16.7. The lowest BCUT2D eigenvalue weighted by Crippen LogP contribution is -2.10. The SMILES string of the molecule is CC(O)Oc1ccccc1Oc1ccccc1. The number of aliphatic hydroxyl groups is 1. The highest BCUT2D eigenvalue weighted by Crippen LogP contribution is 2.31. The number of aliphatic hydroxyl groups excluding tert-OH is 1. The number of benzene rings is 2. The summed E-state index contributed by atoms with van der Waals surface area (Å²) in [5, 5.41) is 9.22. The first-order chi connectivity index (χ1) is 8.25. The molecule has 3 nitrogen and oxygen atoms in total. The molecular weight excluding hydrogens is 216 g/mol. The van der Waals surface area contributed by atoms with Crippen molar-refractivity contribution in [2.45, 2.75) is 13.2 Å². The van der Waals surface area contributed by atoms with Gasteiger partial charge in [-0.3, -0.25) is 0 Å². The molecule has 0 amide bonds. The molecule has 0 aliphatic rings. The maximum atomic E-state index is 9.22. The van der Waals surface area contributed by atoms with E-state index in [1.165, 1.54) is 0 Å². The molecule has 17 heavy (non-hydrogen) atoms. The Bertz CT molecular complexity index is 466. The van der Waals surface area contributed by atoms with Crippen molar-refractivity contribution in [3.63, 3.8) is 0 Å². The third kappa shape index (κ3) is 3.23. The lowest BCUT2D eigenvalue weighted by Gasteiger charge is -2.13. The normalized spacial score (nSPS) is 11.9. The van der Waals surface area contributed by atoms with Crippen LogP contribution in [0.2, 0.25) is 0 Å². The Kier molecular flexibility index (Phi) is 3.62. The summed E-state index contributed by atoms with van der Waals surface area (Å²) in [6.45, 7) is 1.55. The number of para-hydroxylation sites is 3. The van der Waals surface area contributed by atoms with E-state index in [0.717, 1.165) is 5.75 Å². The first-order valence-corrected chi connectivity index (χ1v) is 5.42. The van der Waals surface area contributed by atoms with Crippen LogP contribution in [0.3, 0.4) is 0 Å². The van der Waals surface area contributed by atoms with Gasteiger partial charge in [-0.25, -0.2) is 0 Å². The van der Waals surface area contributed by atoms with Gasteiger partial charge in [0.25, 0.3) is 0 Å². The summed E-state index contributed by atoms with van der Waals surface area (Å²) < 4.78 is 10.9. The highest BCUT2D eigenvalue weighted by atomic mass is 16.6. The van der Waals surface area contributed by atoms with E-state index in [0.29, 0.717) is 11.5 Å². The van der Waals surface area contributed by atoms with Gasteiger partial charge in [0.2, 0.25) is 0 Å². The molecule has 0 spiro atoms. The molecule has 0 heterocycles. The van der Waals surface area contributed by atoms with Gasteiger partial charge in [0.15, 0.2) is 17.8 Å². The summed E-state index contributed by atoms with van der Waals surface area (Å²) in [7, 11) is 0. The first-order valence-electron chi connectivity index (χ1n) is 5.42. The molecule has 0 saturated carbocycles. The molecule has 0 fully saturated rings. The minimum absolute atomic E-state index is 0.520. The molecule has 1 atom stereocenters. The van der Waals surface area contributed by atoms with Crippen molar-refractivity contribution in [2.75, 3.05) is 0 Å². The van der Waals surface area contributed by atoms with E-state index in [2.05, 4.69) is 0 Å². The van der Waals surface area contributed by atoms with Crippen LogP contribution >= 0.6 is 0 Å². The van der Waals surface area contributed by atoms with Gasteiger partial charge < -0.3 is 14.6 Å². The van der Waals surface area contributed by atoms with Crippen molar-refractivity contribution < 1.29 is 14.6 Å². The molecule has 0 radical (unpaired) electrons. The van der Waals surface area contributed by atoms with Crippen LogP contribution in [-0.2, 0) is 0 Å². The predicted octanol–water partition coefficient (Wildman–Crippen LogP) is 3.20. The quantitative estimate of drug-likeness (QED) is 0.820. The van der Waals surface area contributed by atoms with E-state index in [-0.39, 0.29) is 0 Å². The van der Waals surface area contributed by atoms with E-state index < -0.39 is 6.29 Å². The van der Waals surface area contributed by atoms with Gasteiger partial charge in [0.1, 0.15) is 5.75 Å². The number of hydrogen-bond donors (Lipinski definition) is 1. The highest BCUT2D eigenvalue weighted by molar-refractivity contribution is 5.42. The van der Waals surface area contributed by atoms with Gasteiger partial charge in [-0.05, 0) is 31.2 Å². The van der Waals surface area contributed by atoms with Crippen LogP contribution in [0.1, 0.15) is 6.92 Å². The van der Waals surface area contributed by atoms with Crippen molar-refractivity contribution in [1.82, 2.24) is 0 Å². The van der Waals surface area contributed by atoms with Crippen LogP contribution in [-0.4, -0.2) is 11.4 Å². The smallest absolute Gasteiger partial charge is 0.194 e. The van der Waals surface area contributed by atoms with Crippen LogP contribution in [0.25, 0.3) is 0 Å². The molecule has 0 bridgehead atoms. The molecule has 88 valence electrons. The molecule has 2 aromatic rings. The summed E-state index contributed by atoms with van der Waals surface area (Å²) in [5.74, 6) is 1.83. The van der Waals surface area contributed by atoms with Gasteiger partial charge in [0.05, 0.1) is 0 Å². The lowest BCUT2D eigenvalue weighted by molar-refractivity contribution is -0.00177. The third-order valence-electron chi connectivity index (χ3n) is 2.12. The van der Waals surface area contributed by atoms with E-state index in [1.807, 2.05) is 42.5 Å². The Morgan fingerprint density at radius 2 is 1.47 bits per heavy atom. The molecule has 0 aliphatic heterocycles. The highest BCUT2D eigenvalue weighted by Gasteiger charge is 2.07. The number of hydrogen-bond acceptors (Lipinski definition) is 3. The molecule has 1 N–H and O–H groups in total. The Morgan fingerprint density at radius 1 is 0.882 bits per heavy atom. The van der Waals surface area contributed by atoms with Crippen LogP contribution < -0.4 is 9.47 Å². The Hall–Kier alpha value is -2.00. The van der Waals surface area contributed by atoms with Gasteiger partial charge in [0, 0.05) is 0 Å². The topological polar surface area (TPSA) is 38.7 Å². The van der Waals surface area contributed by atoms with Gasteiger partial charge in [-0.2, -0.15) is 0 Å². The fourth-order valence-corrected chi connectivity index (χ4v) is 1.43. The van der Waals surface area contributed by atoms with Crippen molar-refractivity contribution in [3.8, 4) is 17.2 Å². The predicted molar refractivity (Wildman–Crippen MR) is 65.3 cm³/mol. The van der Waals surface area contributed by atoms with Gasteiger partial charge in [-0.1, -0.05) is 30.3 Å². The first kappa shape index (κ1) is 11.5. The molecule has 2 rings (SSSR count). The second-order valence-corrected chi connectivity index (χ2v) is 3.58. The zero-order valence-corrected chi connectivity index (χ0v) is 9.54.